The minimum Gasteiger partial charge on any atom is -0.326 e. The topological polar surface area (TPSA) is 26.0 Å². The van der Waals surface area contributed by atoms with E-state index in [0.717, 1.165) is 17.7 Å². The molecule has 2 N–H and O–H groups in total. The van der Waals surface area contributed by atoms with E-state index >= 15 is 0 Å². The molecule has 0 saturated heterocycles. The van der Waals surface area contributed by atoms with Gasteiger partial charge in [-0.3, -0.25) is 0 Å². The molecule has 1 aromatic carbocycles. The number of hydrogen-bond donors (Lipinski definition) is 1. The van der Waals surface area contributed by atoms with Gasteiger partial charge in [-0.25, -0.2) is 4.39 Å². The largest absolute Gasteiger partial charge is 0.326 e. The van der Waals surface area contributed by atoms with Crippen LogP contribution in [-0.2, 0) is 0 Å². The van der Waals surface area contributed by atoms with E-state index in [9.17, 15) is 4.39 Å². The molecule has 0 amide bonds. The molecule has 0 aliphatic heterocycles. The standard InChI is InChI=1S/C14H22FNS/c1-4-13(16)14(17-9-10(2)3)11-5-7-12(15)8-6-11/h5-8,10,13-14H,4,9,16H2,1-3H3. The molecule has 1 rings (SSSR count). The lowest BCUT2D eigenvalue weighted by Crippen LogP contribution is -2.26. The Kier molecular flexibility index (Phi) is 6.00. The molecule has 1 aromatic rings. The Morgan fingerprint density at radius 1 is 1.24 bits per heavy atom. The summed E-state index contributed by atoms with van der Waals surface area (Å²) in [5.41, 5.74) is 7.29. The lowest BCUT2D eigenvalue weighted by Gasteiger charge is -2.23. The molecule has 17 heavy (non-hydrogen) atoms. The van der Waals surface area contributed by atoms with Crippen LogP contribution in [0.2, 0.25) is 0 Å². The Morgan fingerprint density at radius 3 is 2.29 bits per heavy atom. The minimum atomic E-state index is -0.188. The fraction of sp³-hybridized carbons (Fsp3) is 0.571. The van der Waals surface area contributed by atoms with Crippen molar-refractivity contribution in [3.8, 4) is 0 Å². The van der Waals surface area contributed by atoms with Crippen LogP contribution in [0, 0.1) is 11.7 Å². The first-order valence-corrected chi connectivity index (χ1v) is 7.22. The van der Waals surface area contributed by atoms with Crippen molar-refractivity contribution in [2.45, 2.75) is 38.5 Å². The Labute approximate surface area is 108 Å². The maximum absolute atomic E-state index is 12.9. The Balaban J connectivity index is 2.78. The van der Waals surface area contributed by atoms with E-state index in [1.165, 1.54) is 12.1 Å². The molecule has 0 saturated carbocycles. The maximum atomic E-state index is 12.9. The molecule has 2 atom stereocenters. The van der Waals surface area contributed by atoms with Gasteiger partial charge in [0.2, 0.25) is 0 Å². The van der Waals surface area contributed by atoms with E-state index in [1.54, 1.807) is 0 Å². The van der Waals surface area contributed by atoms with E-state index in [1.807, 2.05) is 23.9 Å². The van der Waals surface area contributed by atoms with Gasteiger partial charge in [-0.1, -0.05) is 32.9 Å². The second-order valence-corrected chi connectivity index (χ2v) is 5.95. The van der Waals surface area contributed by atoms with Gasteiger partial charge in [0.25, 0.3) is 0 Å². The summed E-state index contributed by atoms with van der Waals surface area (Å²) in [6, 6.07) is 6.86. The molecule has 0 radical (unpaired) electrons. The summed E-state index contributed by atoms with van der Waals surface area (Å²) < 4.78 is 12.9. The first-order valence-electron chi connectivity index (χ1n) is 6.17. The third-order valence-corrected chi connectivity index (χ3v) is 4.51. The van der Waals surface area contributed by atoms with Crippen LogP contribution in [0.4, 0.5) is 4.39 Å². The molecule has 0 aliphatic rings. The zero-order valence-electron chi connectivity index (χ0n) is 10.8. The molecular formula is C14H22FNS. The summed E-state index contributed by atoms with van der Waals surface area (Å²) in [7, 11) is 0. The van der Waals surface area contributed by atoms with E-state index in [-0.39, 0.29) is 17.1 Å². The number of benzene rings is 1. The van der Waals surface area contributed by atoms with Crippen molar-refractivity contribution in [2.24, 2.45) is 11.7 Å². The van der Waals surface area contributed by atoms with Gasteiger partial charge in [0.05, 0.1) is 0 Å². The maximum Gasteiger partial charge on any atom is 0.123 e. The molecule has 0 aliphatic carbocycles. The number of thioether (sulfide) groups is 1. The van der Waals surface area contributed by atoms with Crippen LogP contribution in [0.3, 0.4) is 0 Å². The molecule has 0 bridgehead atoms. The third-order valence-electron chi connectivity index (χ3n) is 2.67. The van der Waals surface area contributed by atoms with Crippen molar-refractivity contribution in [3.63, 3.8) is 0 Å². The number of halogens is 1. The zero-order chi connectivity index (χ0) is 12.8. The van der Waals surface area contributed by atoms with Crippen molar-refractivity contribution in [1.29, 1.82) is 0 Å². The van der Waals surface area contributed by atoms with Gasteiger partial charge in [-0.15, -0.1) is 0 Å². The predicted molar refractivity (Wildman–Crippen MR) is 74.7 cm³/mol. The minimum absolute atomic E-state index is 0.129. The summed E-state index contributed by atoms with van der Waals surface area (Å²) in [5.74, 6) is 1.54. The smallest absolute Gasteiger partial charge is 0.123 e. The van der Waals surface area contributed by atoms with Crippen molar-refractivity contribution in [3.05, 3.63) is 35.6 Å². The fourth-order valence-corrected chi connectivity index (χ4v) is 3.01. The summed E-state index contributed by atoms with van der Waals surface area (Å²) in [4.78, 5) is 0. The van der Waals surface area contributed by atoms with Crippen LogP contribution in [0.5, 0.6) is 0 Å². The van der Waals surface area contributed by atoms with E-state index in [4.69, 9.17) is 5.73 Å². The molecule has 0 fully saturated rings. The summed E-state index contributed by atoms with van der Waals surface area (Å²) >= 11 is 1.87. The molecule has 3 heteroatoms. The lowest BCUT2D eigenvalue weighted by atomic mass is 10.0. The van der Waals surface area contributed by atoms with Gasteiger partial charge in [0, 0.05) is 11.3 Å². The highest BCUT2D eigenvalue weighted by Crippen LogP contribution is 2.33. The van der Waals surface area contributed by atoms with E-state index < -0.39 is 0 Å². The third kappa shape index (κ3) is 4.68. The summed E-state index contributed by atoms with van der Waals surface area (Å²) in [6.07, 6.45) is 0.938. The fourth-order valence-electron chi connectivity index (χ4n) is 1.63. The molecule has 0 aromatic heterocycles. The first kappa shape index (κ1) is 14.5. The molecule has 96 valence electrons. The van der Waals surface area contributed by atoms with E-state index in [2.05, 4.69) is 20.8 Å². The first-order chi connectivity index (χ1) is 8.04. The van der Waals surface area contributed by atoms with Gasteiger partial charge in [0.15, 0.2) is 0 Å². The average molecular weight is 255 g/mol. The van der Waals surface area contributed by atoms with Crippen LogP contribution >= 0.6 is 11.8 Å². The van der Waals surface area contributed by atoms with Gasteiger partial charge in [0.1, 0.15) is 5.82 Å². The predicted octanol–water partition coefficient (Wildman–Crippen LogP) is 3.99. The number of hydrogen-bond acceptors (Lipinski definition) is 2. The van der Waals surface area contributed by atoms with Crippen molar-refractivity contribution < 1.29 is 4.39 Å². The van der Waals surface area contributed by atoms with Crippen LogP contribution < -0.4 is 5.73 Å². The SMILES string of the molecule is CCC(N)C(SCC(C)C)c1ccc(F)cc1. The van der Waals surface area contributed by atoms with Crippen LogP contribution in [0.1, 0.15) is 38.0 Å². The Morgan fingerprint density at radius 2 is 1.82 bits per heavy atom. The summed E-state index contributed by atoms with van der Waals surface area (Å²) in [5, 5.41) is 0.267. The highest BCUT2D eigenvalue weighted by atomic mass is 32.2. The zero-order valence-corrected chi connectivity index (χ0v) is 11.6. The highest BCUT2D eigenvalue weighted by molar-refractivity contribution is 7.99. The van der Waals surface area contributed by atoms with Crippen LogP contribution in [0.25, 0.3) is 0 Å². The van der Waals surface area contributed by atoms with Crippen molar-refractivity contribution in [2.75, 3.05) is 5.75 Å². The molecule has 2 unspecified atom stereocenters. The van der Waals surface area contributed by atoms with Crippen molar-refractivity contribution in [1.82, 2.24) is 0 Å². The monoisotopic (exact) mass is 255 g/mol. The molecular weight excluding hydrogens is 233 g/mol. The molecule has 0 heterocycles. The van der Waals surface area contributed by atoms with E-state index in [0.29, 0.717) is 5.92 Å². The number of nitrogens with two attached hydrogens (primary N) is 1. The highest BCUT2D eigenvalue weighted by Gasteiger charge is 2.19. The van der Waals surface area contributed by atoms with Gasteiger partial charge in [-0.05, 0) is 35.8 Å². The molecule has 0 spiro atoms. The average Bonchev–Trinajstić information content (AvgIpc) is 2.30. The molecule has 1 nitrogen and oxygen atoms in total. The van der Waals surface area contributed by atoms with Crippen molar-refractivity contribution >= 4 is 11.8 Å². The lowest BCUT2D eigenvalue weighted by molar-refractivity contribution is 0.616. The van der Waals surface area contributed by atoms with Gasteiger partial charge >= 0.3 is 0 Å². The second kappa shape index (κ2) is 7.02. The Bertz CT molecular complexity index is 323. The normalized spacial score (nSPS) is 14.9. The van der Waals surface area contributed by atoms with Gasteiger partial charge in [-0.2, -0.15) is 11.8 Å². The Hall–Kier alpha value is -0.540. The second-order valence-electron chi connectivity index (χ2n) is 4.77. The van der Waals surface area contributed by atoms with Crippen LogP contribution in [-0.4, -0.2) is 11.8 Å². The van der Waals surface area contributed by atoms with Crippen LogP contribution in [0.15, 0.2) is 24.3 Å². The number of rotatable bonds is 6. The quantitative estimate of drug-likeness (QED) is 0.831. The van der Waals surface area contributed by atoms with Gasteiger partial charge < -0.3 is 5.73 Å². The summed E-state index contributed by atoms with van der Waals surface area (Å²) in [6.45, 7) is 6.50.